The first-order valence-electron chi connectivity index (χ1n) is 10.5. The maximum atomic E-state index is 12.7. The zero-order valence-electron chi connectivity index (χ0n) is 17.7. The molecular weight excluding hydrogens is 438 g/mol. The Kier molecular flexibility index (Phi) is 6.91. The zero-order chi connectivity index (χ0) is 23.2. The fourth-order valence-electron chi connectivity index (χ4n) is 3.54. The van der Waals surface area contributed by atoms with Gasteiger partial charge in [-0.05, 0) is 58.3 Å². The number of ether oxygens (including phenoxy) is 1. The maximum absolute atomic E-state index is 12.7. The molecule has 1 amide bonds. The Hall–Kier alpha value is -3.83. The number of amides is 1. The first-order valence-corrected chi connectivity index (χ1v) is 10.8. The van der Waals surface area contributed by atoms with Crippen LogP contribution in [-0.2, 0) is 17.8 Å². The van der Waals surface area contributed by atoms with E-state index in [1.165, 1.54) is 0 Å². The van der Waals surface area contributed by atoms with Crippen molar-refractivity contribution in [1.29, 1.82) is 0 Å². The zero-order valence-corrected chi connectivity index (χ0v) is 18.5. The molecule has 2 N–H and O–H groups in total. The van der Waals surface area contributed by atoms with Gasteiger partial charge in [-0.2, -0.15) is 0 Å². The molecule has 0 saturated carbocycles. The Morgan fingerprint density at radius 3 is 2.33 bits per heavy atom. The molecule has 0 bridgehead atoms. The van der Waals surface area contributed by atoms with Gasteiger partial charge in [-0.25, -0.2) is 4.79 Å². The van der Waals surface area contributed by atoms with E-state index < -0.39 is 17.9 Å². The molecule has 5 nitrogen and oxygen atoms in total. The molecule has 4 rings (SSSR count). The number of hydrogen-bond donors (Lipinski definition) is 2. The van der Waals surface area contributed by atoms with E-state index in [0.29, 0.717) is 22.9 Å². The maximum Gasteiger partial charge on any atom is 0.326 e. The third-order valence-electron chi connectivity index (χ3n) is 5.25. The van der Waals surface area contributed by atoms with Crippen LogP contribution in [0.2, 0.25) is 5.02 Å². The lowest BCUT2D eigenvalue weighted by atomic mass is 10.0. The Labute approximate surface area is 196 Å². The number of fused-ring (bicyclic) bond motifs is 1. The van der Waals surface area contributed by atoms with Gasteiger partial charge < -0.3 is 15.2 Å². The van der Waals surface area contributed by atoms with Gasteiger partial charge in [0.15, 0.2) is 0 Å². The van der Waals surface area contributed by atoms with E-state index in [9.17, 15) is 14.7 Å². The van der Waals surface area contributed by atoms with Crippen LogP contribution < -0.4 is 10.1 Å². The quantitative estimate of drug-likeness (QED) is 0.365. The van der Waals surface area contributed by atoms with Crippen LogP contribution in [0.15, 0.2) is 91.0 Å². The lowest BCUT2D eigenvalue weighted by Gasteiger charge is -2.15. The average Bonchev–Trinajstić information content (AvgIpc) is 2.82. The van der Waals surface area contributed by atoms with E-state index in [-0.39, 0.29) is 6.42 Å². The Morgan fingerprint density at radius 2 is 1.58 bits per heavy atom. The molecule has 0 aliphatic rings. The van der Waals surface area contributed by atoms with Crippen LogP contribution in [0.4, 0.5) is 0 Å². The van der Waals surface area contributed by atoms with Crippen LogP contribution in [0.3, 0.4) is 0 Å². The third-order valence-corrected chi connectivity index (χ3v) is 5.49. The molecule has 33 heavy (non-hydrogen) atoms. The molecule has 1 unspecified atom stereocenters. The molecule has 1 atom stereocenters. The van der Waals surface area contributed by atoms with Crippen LogP contribution in [0.5, 0.6) is 5.75 Å². The van der Waals surface area contributed by atoms with Crippen molar-refractivity contribution >= 4 is 34.2 Å². The highest BCUT2D eigenvalue weighted by molar-refractivity contribution is 6.30. The summed E-state index contributed by atoms with van der Waals surface area (Å²) in [4.78, 5) is 24.4. The van der Waals surface area contributed by atoms with Crippen molar-refractivity contribution in [3.05, 3.63) is 113 Å². The van der Waals surface area contributed by atoms with E-state index in [2.05, 4.69) is 5.32 Å². The van der Waals surface area contributed by atoms with Crippen molar-refractivity contribution in [2.45, 2.75) is 19.1 Å². The van der Waals surface area contributed by atoms with E-state index >= 15 is 0 Å². The SMILES string of the molecule is O=C(NC(Cc1ccccc1)C(=O)O)c1ccc2cc(OCc3cccc(Cl)c3)ccc2c1. The molecule has 6 heteroatoms. The molecule has 4 aromatic carbocycles. The smallest absolute Gasteiger partial charge is 0.326 e. The lowest BCUT2D eigenvalue weighted by Crippen LogP contribution is -2.42. The summed E-state index contributed by atoms with van der Waals surface area (Å²) in [6.07, 6.45) is 0.211. The third kappa shape index (κ3) is 5.90. The van der Waals surface area contributed by atoms with Crippen molar-refractivity contribution in [2.24, 2.45) is 0 Å². The van der Waals surface area contributed by atoms with E-state index in [1.807, 2.05) is 78.9 Å². The van der Waals surface area contributed by atoms with Crippen LogP contribution in [0.25, 0.3) is 10.8 Å². The van der Waals surface area contributed by atoms with Crippen molar-refractivity contribution < 1.29 is 19.4 Å². The second-order valence-electron chi connectivity index (χ2n) is 7.70. The second kappa shape index (κ2) is 10.2. The highest BCUT2D eigenvalue weighted by Gasteiger charge is 2.21. The number of carbonyl (C=O) groups excluding carboxylic acids is 1. The van der Waals surface area contributed by atoms with Crippen molar-refractivity contribution in [2.75, 3.05) is 0 Å². The Bertz CT molecular complexity index is 1290. The monoisotopic (exact) mass is 459 g/mol. The molecular formula is C27H22ClNO4. The minimum Gasteiger partial charge on any atom is -0.489 e. The van der Waals surface area contributed by atoms with Crippen LogP contribution >= 0.6 is 11.6 Å². The molecule has 0 saturated heterocycles. The number of nitrogens with one attached hydrogen (secondary N) is 1. The van der Waals surface area contributed by atoms with Gasteiger partial charge in [0.2, 0.25) is 0 Å². The van der Waals surface area contributed by atoms with Crippen molar-refractivity contribution in [1.82, 2.24) is 5.32 Å². The highest BCUT2D eigenvalue weighted by Crippen LogP contribution is 2.23. The first-order chi connectivity index (χ1) is 16.0. The molecule has 0 heterocycles. The Balaban J connectivity index is 1.45. The summed E-state index contributed by atoms with van der Waals surface area (Å²) in [7, 11) is 0. The Morgan fingerprint density at radius 1 is 0.848 bits per heavy atom. The number of benzene rings is 4. The van der Waals surface area contributed by atoms with Gasteiger partial charge in [-0.1, -0.05) is 66.2 Å². The standard InChI is InChI=1S/C27H22ClNO4/c28-23-8-4-7-19(13-23)17-33-24-12-11-20-15-22(10-9-21(20)16-24)26(30)29-25(27(31)32)14-18-5-2-1-3-6-18/h1-13,15-16,25H,14,17H2,(H,29,30)(H,31,32). The first kappa shape index (κ1) is 22.4. The summed E-state index contributed by atoms with van der Waals surface area (Å²) >= 11 is 6.01. The highest BCUT2D eigenvalue weighted by atomic mass is 35.5. The molecule has 4 aromatic rings. The van der Waals surface area contributed by atoms with Gasteiger partial charge in [0.05, 0.1) is 0 Å². The van der Waals surface area contributed by atoms with Crippen LogP contribution in [0, 0.1) is 0 Å². The normalized spacial score (nSPS) is 11.7. The number of carboxylic acids is 1. The fraction of sp³-hybridized carbons (Fsp3) is 0.111. The van der Waals surface area contributed by atoms with Crippen LogP contribution in [-0.4, -0.2) is 23.0 Å². The molecule has 0 aliphatic heterocycles. The summed E-state index contributed by atoms with van der Waals surface area (Å²) in [6.45, 7) is 0.393. The molecule has 0 fully saturated rings. The van der Waals surface area contributed by atoms with Gasteiger partial charge in [0, 0.05) is 17.0 Å². The van der Waals surface area contributed by atoms with Gasteiger partial charge in [0.25, 0.3) is 5.91 Å². The van der Waals surface area contributed by atoms with Crippen molar-refractivity contribution in [3.8, 4) is 5.75 Å². The van der Waals surface area contributed by atoms with E-state index in [0.717, 1.165) is 21.9 Å². The summed E-state index contributed by atoms with van der Waals surface area (Å²) < 4.78 is 5.87. The molecule has 0 aromatic heterocycles. The second-order valence-corrected chi connectivity index (χ2v) is 8.13. The predicted molar refractivity (Wildman–Crippen MR) is 129 cm³/mol. The summed E-state index contributed by atoms with van der Waals surface area (Å²) in [5, 5.41) is 14.6. The minimum absolute atomic E-state index is 0.211. The number of rotatable bonds is 8. The summed E-state index contributed by atoms with van der Waals surface area (Å²) in [5.74, 6) is -0.801. The largest absolute Gasteiger partial charge is 0.489 e. The number of carboxylic acid groups (broad SMARTS) is 1. The van der Waals surface area contributed by atoms with Gasteiger partial charge in [-0.15, -0.1) is 0 Å². The number of carbonyl (C=O) groups is 2. The number of aliphatic carboxylic acids is 1. The van der Waals surface area contributed by atoms with Crippen molar-refractivity contribution in [3.63, 3.8) is 0 Å². The molecule has 166 valence electrons. The van der Waals surface area contributed by atoms with E-state index in [4.69, 9.17) is 16.3 Å². The lowest BCUT2D eigenvalue weighted by molar-refractivity contribution is -0.139. The predicted octanol–water partition coefficient (Wildman–Crippen LogP) is 5.50. The number of hydrogen-bond acceptors (Lipinski definition) is 3. The fourth-order valence-corrected chi connectivity index (χ4v) is 3.75. The van der Waals surface area contributed by atoms with Crippen LogP contribution in [0.1, 0.15) is 21.5 Å². The topological polar surface area (TPSA) is 75.6 Å². The van der Waals surface area contributed by atoms with E-state index in [1.54, 1.807) is 12.1 Å². The van der Waals surface area contributed by atoms with Gasteiger partial charge in [-0.3, -0.25) is 4.79 Å². The molecule has 0 radical (unpaired) electrons. The summed E-state index contributed by atoms with van der Waals surface area (Å²) in [6, 6.07) is 26.6. The minimum atomic E-state index is -1.07. The molecule has 0 spiro atoms. The average molecular weight is 460 g/mol. The molecule has 0 aliphatic carbocycles. The summed E-state index contributed by atoms with van der Waals surface area (Å²) in [5.41, 5.74) is 2.21. The van der Waals surface area contributed by atoms with Gasteiger partial charge in [0.1, 0.15) is 18.4 Å². The number of halogens is 1. The van der Waals surface area contributed by atoms with Gasteiger partial charge >= 0.3 is 5.97 Å².